The Bertz CT molecular complexity index is 593. The molecule has 0 aliphatic rings. The monoisotopic (exact) mass is 248 g/mol. The van der Waals surface area contributed by atoms with Gasteiger partial charge in [0.25, 0.3) is 5.91 Å². The highest BCUT2D eigenvalue weighted by Crippen LogP contribution is 2.08. The lowest BCUT2D eigenvalue weighted by Crippen LogP contribution is -2.31. The van der Waals surface area contributed by atoms with Crippen molar-refractivity contribution in [2.24, 2.45) is 5.92 Å². The number of carboxylic acid groups (broad SMARTS) is 1. The van der Waals surface area contributed by atoms with Crippen LogP contribution in [0.3, 0.4) is 0 Å². The van der Waals surface area contributed by atoms with Crippen LogP contribution >= 0.6 is 0 Å². The Morgan fingerprint density at radius 3 is 3.00 bits per heavy atom. The summed E-state index contributed by atoms with van der Waals surface area (Å²) in [5, 5.41) is 15.3. The normalized spacial score (nSPS) is 12.3. The van der Waals surface area contributed by atoms with Gasteiger partial charge < -0.3 is 10.4 Å². The highest BCUT2D eigenvalue weighted by atomic mass is 16.4. The smallest absolute Gasteiger partial charge is 0.308 e. The summed E-state index contributed by atoms with van der Waals surface area (Å²) in [5.74, 6) is -1.93. The van der Waals surface area contributed by atoms with Crippen molar-refractivity contribution < 1.29 is 14.7 Å². The number of amides is 1. The molecule has 0 aliphatic carbocycles. The first-order chi connectivity index (χ1) is 8.59. The van der Waals surface area contributed by atoms with Crippen molar-refractivity contribution >= 4 is 17.4 Å². The summed E-state index contributed by atoms with van der Waals surface area (Å²) in [6, 6.07) is 0. The molecule has 0 saturated heterocycles. The lowest BCUT2D eigenvalue weighted by molar-refractivity contribution is -0.140. The SMILES string of the molecule is CC(CNC(=O)c1cnn2ccncc12)C(=O)O. The van der Waals surface area contributed by atoms with Crippen LogP contribution < -0.4 is 5.32 Å². The number of nitrogens with one attached hydrogen (secondary N) is 1. The van der Waals surface area contributed by atoms with E-state index in [-0.39, 0.29) is 12.5 Å². The second kappa shape index (κ2) is 4.82. The molecule has 2 aromatic rings. The van der Waals surface area contributed by atoms with Gasteiger partial charge in [-0.3, -0.25) is 14.6 Å². The van der Waals surface area contributed by atoms with Gasteiger partial charge in [0.15, 0.2) is 0 Å². The van der Waals surface area contributed by atoms with E-state index >= 15 is 0 Å². The Morgan fingerprint density at radius 1 is 1.50 bits per heavy atom. The topological polar surface area (TPSA) is 96.6 Å². The van der Waals surface area contributed by atoms with Crippen LogP contribution in [-0.4, -0.2) is 38.1 Å². The summed E-state index contributed by atoms with van der Waals surface area (Å²) in [5.41, 5.74) is 0.957. The molecular formula is C11H12N4O3. The van der Waals surface area contributed by atoms with E-state index in [0.717, 1.165) is 0 Å². The number of hydrogen-bond donors (Lipinski definition) is 2. The number of carbonyl (C=O) groups is 2. The highest BCUT2D eigenvalue weighted by Gasteiger charge is 2.16. The van der Waals surface area contributed by atoms with Gasteiger partial charge in [-0.2, -0.15) is 5.10 Å². The molecule has 0 aromatic carbocycles. The number of rotatable bonds is 4. The summed E-state index contributed by atoms with van der Waals surface area (Å²) in [4.78, 5) is 26.4. The van der Waals surface area contributed by atoms with Gasteiger partial charge in [-0.15, -0.1) is 0 Å². The molecule has 1 amide bonds. The van der Waals surface area contributed by atoms with E-state index in [0.29, 0.717) is 11.1 Å². The molecule has 1 unspecified atom stereocenters. The number of fused-ring (bicyclic) bond motifs is 1. The molecule has 0 spiro atoms. The standard InChI is InChI=1S/C11H12N4O3/c1-7(11(17)18)4-13-10(16)8-5-14-15-3-2-12-6-9(8)15/h2-3,5-7H,4H2,1H3,(H,13,16)(H,17,18). The lowest BCUT2D eigenvalue weighted by Gasteiger charge is -2.07. The van der Waals surface area contributed by atoms with Gasteiger partial charge in [0.1, 0.15) is 0 Å². The van der Waals surface area contributed by atoms with E-state index in [4.69, 9.17) is 5.11 Å². The third-order valence-electron chi connectivity index (χ3n) is 2.56. The van der Waals surface area contributed by atoms with Crippen molar-refractivity contribution in [3.05, 3.63) is 30.4 Å². The van der Waals surface area contributed by atoms with Crippen molar-refractivity contribution in [1.29, 1.82) is 0 Å². The minimum absolute atomic E-state index is 0.0752. The Balaban J connectivity index is 2.12. The van der Waals surface area contributed by atoms with Crippen LogP contribution in [0.4, 0.5) is 0 Å². The lowest BCUT2D eigenvalue weighted by atomic mass is 10.2. The third-order valence-corrected chi connectivity index (χ3v) is 2.56. The second-order valence-electron chi connectivity index (χ2n) is 3.91. The minimum atomic E-state index is -0.947. The molecule has 2 aromatic heterocycles. The number of aliphatic carboxylic acids is 1. The first-order valence-corrected chi connectivity index (χ1v) is 5.38. The highest BCUT2D eigenvalue weighted by molar-refractivity contribution is 6.00. The van der Waals surface area contributed by atoms with Gasteiger partial charge in [0.2, 0.25) is 0 Å². The van der Waals surface area contributed by atoms with E-state index < -0.39 is 11.9 Å². The van der Waals surface area contributed by atoms with Crippen LogP contribution in [-0.2, 0) is 4.79 Å². The van der Waals surface area contributed by atoms with Crippen LogP contribution in [0.1, 0.15) is 17.3 Å². The molecule has 0 radical (unpaired) electrons. The summed E-state index contributed by atoms with van der Waals surface area (Å²) in [6.45, 7) is 1.60. The zero-order chi connectivity index (χ0) is 13.1. The van der Waals surface area contributed by atoms with Crippen molar-refractivity contribution in [1.82, 2.24) is 19.9 Å². The quantitative estimate of drug-likeness (QED) is 0.804. The third kappa shape index (κ3) is 2.29. The zero-order valence-corrected chi connectivity index (χ0v) is 9.70. The van der Waals surface area contributed by atoms with Crippen molar-refractivity contribution in [3.63, 3.8) is 0 Å². The Hall–Kier alpha value is -2.44. The largest absolute Gasteiger partial charge is 0.481 e. The Kier molecular flexibility index (Phi) is 3.22. The molecule has 18 heavy (non-hydrogen) atoms. The van der Waals surface area contributed by atoms with Crippen molar-refractivity contribution in [3.8, 4) is 0 Å². The van der Waals surface area contributed by atoms with Gasteiger partial charge in [0, 0.05) is 18.9 Å². The molecule has 2 N–H and O–H groups in total. The molecule has 7 nitrogen and oxygen atoms in total. The average Bonchev–Trinajstić information content (AvgIpc) is 2.79. The van der Waals surface area contributed by atoms with Gasteiger partial charge in [-0.25, -0.2) is 4.52 Å². The van der Waals surface area contributed by atoms with Crippen molar-refractivity contribution in [2.75, 3.05) is 6.54 Å². The van der Waals surface area contributed by atoms with Gasteiger partial charge >= 0.3 is 5.97 Å². The number of hydrogen-bond acceptors (Lipinski definition) is 4. The minimum Gasteiger partial charge on any atom is -0.481 e. The van der Waals surface area contributed by atoms with Crippen LogP contribution in [0.25, 0.3) is 5.52 Å². The van der Waals surface area contributed by atoms with E-state index in [1.165, 1.54) is 23.8 Å². The van der Waals surface area contributed by atoms with Crippen LogP contribution in [0.5, 0.6) is 0 Å². The predicted octanol–water partition coefficient (Wildman–Crippen LogP) is 0.180. The molecule has 1 atom stereocenters. The molecule has 94 valence electrons. The first kappa shape index (κ1) is 12.0. The Morgan fingerprint density at radius 2 is 2.28 bits per heavy atom. The molecule has 7 heteroatoms. The van der Waals surface area contributed by atoms with Crippen LogP contribution in [0.2, 0.25) is 0 Å². The second-order valence-corrected chi connectivity index (χ2v) is 3.91. The van der Waals surface area contributed by atoms with Crippen molar-refractivity contribution in [2.45, 2.75) is 6.92 Å². The van der Waals surface area contributed by atoms with E-state index in [1.807, 2.05) is 0 Å². The fraction of sp³-hybridized carbons (Fsp3) is 0.273. The molecule has 0 fully saturated rings. The fourth-order valence-electron chi connectivity index (χ4n) is 1.44. The Labute approximate surface area is 102 Å². The van der Waals surface area contributed by atoms with Gasteiger partial charge in [0.05, 0.1) is 29.4 Å². The molecule has 0 saturated carbocycles. The predicted molar refractivity (Wildman–Crippen MR) is 62.1 cm³/mol. The summed E-state index contributed by atoms with van der Waals surface area (Å²) in [6.07, 6.45) is 6.15. The molecule has 2 heterocycles. The van der Waals surface area contributed by atoms with E-state index in [1.54, 1.807) is 12.4 Å². The maximum absolute atomic E-state index is 11.9. The summed E-state index contributed by atoms with van der Waals surface area (Å²) >= 11 is 0. The van der Waals surface area contributed by atoms with Gasteiger partial charge in [-0.05, 0) is 0 Å². The average molecular weight is 248 g/mol. The van der Waals surface area contributed by atoms with Crippen LogP contribution in [0, 0.1) is 5.92 Å². The van der Waals surface area contributed by atoms with Gasteiger partial charge in [-0.1, -0.05) is 6.92 Å². The van der Waals surface area contributed by atoms with Crippen LogP contribution in [0.15, 0.2) is 24.8 Å². The fourth-order valence-corrected chi connectivity index (χ4v) is 1.44. The number of nitrogens with zero attached hydrogens (tertiary/aromatic N) is 3. The molecule has 2 rings (SSSR count). The molecule has 0 bridgehead atoms. The number of aromatic nitrogens is 3. The van der Waals surface area contributed by atoms with E-state index in [2.05, 4.69) is 15.4 Å². The first-order valence-electron chi connectivity index (χ1n) is 5.38. The molecule has 0 aliphatic heterocycles. The summed E-state index contributed by atoms with van der Waals surface area (Å²) in [7, 11) is 0. The molecular weight excluding hydrogens is 236 g/mol. The zero-order valence-electron chi connectivity index (χ0n) is 9.70. The number of carboxylic acids is 1. The number of carbonyl (C=O) groups excluding carboxylic acids is 1. The van der Waals surface area contributed by atoms with E-state index in [9.17, 15) is 9.59 Å². The summed E-state index contributed by atoms with van der Waals surface area (Å²) < 4.78 is 1.53. The maximum Gasteiger partial charge on any atom is 0.308 e. The maximum atomic E-state index is 11.9.